The largest absolute Gasteiger partial charge is 0.330 e. The molecule has 0 amide bonds. The second-order valence-corrected chi connectivity index (χ2v) is 4.40. The van der Waals surface area contributed by atoms with Crippen molar-refractivity contribution in [3.05, 3.63) is 0 Å². The van der Waals surface area contributed by atoms with Crippen LogP contribution in [-0.4, -0.2) is 38.9 Å². The lowest BCUT2D eigenvalue weighted by Gasteiger charge is -2.29. The van der Waals surface area contributed by atoms with Gasteiger partial charge in [-0.3, -0.25) is 0 Å². The van der Waals surface area contributed by atoms with Crippen LogP contribution in [0.15, 0.2) is 0 Å². The second kappa shape index (κ2) is 11.9. The van der Waals surface area contributed by atoms with Crippen molar-refractivity contribution < 1.29 is 14.2 Å². The summed E-state index contributed by atoms with van der Waals surface area (Å²) in [6.45, 7) is 7.04. The standard InChI is InChI=1S/C13H30N2O3/c1-3-4-10-16-13(2,18-12-7-9-15)17-11-6-5-8-14/h3-12,14-15H2,1-2H3. The van der Waals surface area contributed by atoms with Gasteiger partial charge in [-0.25, -0.2) is 0 Å². The minimum Gasteiger partial charge on any atom is -0.330 e. The first-order valence-electron chi connectivity index (χ1n) is 7.00. The minimum atomic E-state index is -0.945. The van der Waals surface area contributed by atoms with Gasteiger partial charge in [0.15, 0.2) is 0 Å². The van der Waals surface area contributed by atoms with Gasteiger partial charge in [-0.15, -0.1) is 0 Å². The molecule has 1 unspecified atom stereocenters. The predicted octanol–water partition coefficient (Wildman–Crippen LogP) is 1.60. The Balaban J connectivity index is 3.95. The fourth-order valence-electron chi connectivity index (χ4n) is 1.37. The highest BCUT2D eigenvalue weighted by atomic mass is 16.9. The number of rotatable bonds is 13. The summed E-state index contributed by atoms with van der Waals surface area (Å²) >= 11 is 0. The monoisotopic (exact) mass is 262 g/mol. The van der Waals surface area contributed by atoms with Crippen molar-refractivity contribution in [2.75, 3.05) is 32.9 Å². The molecule has 110 valence electrons. The van der Waals surface area contributed by atoms with Gasteiger partial charge in [-0.1, -0.05) is 13.3 Å². The SMILES string of the molecule is CCCCOC(C)(OCCCN)OCCCCN. The van der Waals surface area contributed by atoms with Gasteiger partial charge in [-0.2, -0.15) is 0 Å². The summed E-state index contributed by atoms with van der Waals surface area (Å²) in [6, 6.07) is 0. The van der Waals surface area contributed by atoms with Gasteiger partial charge in [0.2, 0.25) is 0 Å². The quantitative estimate of drug-likeness (QED) is 0.389. The van der Waals surface area contributed by atoms with Gasteiger partial charge in [0.1, 0.15) is 0 Å². The number of nitrogens with two attached hydrogens (primary N) is 2. The fraction of sp³-hybridized carbons (Fsp3) is 1.00. The number of ether oxygens (including phenoxy) is 3. The Bertz CT molecular complexity index is 170. The van der Waals surface area contributed by atoms with Crippen LogP contribution in [0.2, 0.25) is 0 Å². The lowest BCUT2D eigenvalue weighted by Crippen LogP contribution is -2.37. The van der Waals surface area contributed by atoms with Crippen molar-refractivity contribution in [3.63, 3.8) is 0 Å². The molecule has 5 nitrogen and oxygen atoms in total. The van der Waals surface area contributed by atoms with Gasteiger partial charge in [0.25, 0.3) is 5.97 Å². The van der Waals surface area contributed by atoms with Gasteiger partial charge in [-0.05, 0) is 38.8 Å². The molecule has 0 aliphatic heterocycles. The van der Waals surface area contributed by atoms with Crippen LogP contribution >= 0.6 is 0 Å². The normalized spacial score (nSPS) is 14.7. The zero-order valence-corrected chi connectivity index (χ0v) is 12.0. The van der Waals surface area contributed by atoms with Crippen LogP contribution in [-0.2, 0) is 14.2 Å². The maximum Gasteiger partial charge on any atom is 0.279 e. The van der Waals surface area contributed by atoms with Gasteiger partial charge >= 0.3 is 0 Å². The summed E-state index contributed by atoms with van der Waals surface area (Å²) in [5.74, 6) is -0.945. The molecule has 0 aromatic rings. The first kappa shape index (κ1) is 17.8. The Hall–Kier alpha value is -0.200. The summed E-state index contributed by atoms with van der Waals surface area (Å²) in [7, 11) is 0. The van der Waals surface area contributed by atoms with E-state index in [1.807, 2.05) is 6.92 Å². The first-order valence-corrected chi connectivity index (χ1v) is 7.00. The van der Waals surface area contributed by atoms with Crippen molar-refractivity contribution in [2.45, 2.75) is 51.9 Å². The summed E-state index contributed by atoms with van der Waals surface area (Å²) in [5, 5.41) is 0. The maximum atomic E-state index is 5.68. The van der Waals surface area contributed by atoms with Crippen molar-refractivity contribution in [3.8, 4) is 0 Å². The molecule has 0 saturated carbocycles. The molecule has 0 aliphatic rings. The van der Waals surface area contributed by atoms with E-state index in [2.05, 4.69) is 6.92 Å². The molecule has 4 N–H and O–H groups in total. The van der Waals surface area contributed by atoms with E-state index in [0.717, 1.165) is 32.1 Å². The van der Waals surface area contributed by atoms with E-state index < -0.39 is 5.97 Å². The van der Waals surface area contributed by atoms with Gasteiger partial charge in [0, 0.05) is 6.92 Å². The molecule has 0 aliphatic carbocycles. The van der Waals surface area contributed by atoms with Crippen LogP contribution < -0.4 is 11.5 Å². The molecular formula is C13H30N2O3. The van der Waals surface area contributed by atoms with Crippen molar-refractivity contribution >= 4 is 0 Å². The third-order valence-corrected chi connectivity index (χ3v) is 2.54. The molecular weight excluding hydrogens is 232 g/mol. The summed E-state index contributed by atoms with van der Waals surface area (Å²) < 4.78 is 17.0. The molecule has 0 rings (SSSR count). The van der Waals surface area contributed by atoms with Gasteiger partial charge < -0.3 is 25.7 Å². The van der Waals surface area contributed by atoms with E-state index in [1.165, 1.54) is 0 Å². The average Bonchev–Trinajstić information content (AvgIpc) is 2.36. The minimum absolute atomic E-state index is 0.552. The zero-order chi connectivity index (χ0) is 13.7. The maximum absolute atomic E-state index is 5.68. The van der Waals surface area contributed by atoms with E-state index in [1.54, 1.807) is 0 Å². The van der Waals surface area contributed by atoms with Crippen LogP contribution in [0, 0.1) is 0 Å². The van der Waals surface area contributed by atoms with E-state index in [0.29, 0.717) is 32.9 Å². The Labute approximate surface area is 111 Å². The topological polar surface area (TPSA) is 79.7 Å². The van der Waals surface area contributed by atoms with E-state index >= 15 is 0 Å². The molecule has 0 aromatic heterocycles. The van der Waals surface area contributed by atoms with Crippen molar-refractivity contribution in [1.29, 1.82) is 0 Å². The third-order valence-electron chi connectivity index (χ3n) is 2.54. The Morgan fingerprint density at radius 2 is 1.28 bits per heavy atom. The predicted molar refractivity (Wildman–Crippen MR) is 73.1 cm³/mol. The van der Waals surface area contributed by atoms with Crippen LogP contribution in [0.3, 0.4) is 0 Å². The molecule has 0 heterocycles. The highest BCUT2D eigenvalue weighted by Gasteiger charge is 2.26. The number of hydrogen-bond donors (Lipinski definition) is 2. The third kappa shape index (κ3) is 9.79. The molecule has 0 bridgehead atoms. The molecule has 0 aromatic carbocycles. The number of unbranched alkanes of at least 4 members (excludes halogenated alkanes) is 2. The number of hydrogen-bond acceptors (Lipinski definition) is 5. The van der Waals surface area contributed by atoms with Crippen LogP contribution in [0.5, 0.6) is 0 Å². The van der Waals surface area contributed by atoms with Crippen LogP contribution in [0.1, 0.15) is 46.0 Å². The van der Waals surface area contributed by atoms with Gasteiger partial charge in [0.05, 0.1) is 19.8 Å². The highest BCUT2D eigenvalue weighted by molar-refractivity contribution is 4.51. The second-order valence-electron chi connectivity index (χ2n) is 4.40. The average molecular weight is 262 g/mol. The molecule has 0 fully saturated rings. The fourth-order valence-corrected chi connectivity index (χ4v) is 1.37. The van der Waals surface area contributed by atoms with E-state index in [-0.39, 0.29) is 0 Å². The van der Waals surface area contributed by atoms with Crippen molar-refractivity contribution in [1.82, 2.24) is 0 Å². The lowest BCUT2D eigenvalue weighted by atomic mass is 10.3. The summed E-state index contributed by atoms with van der Waals surface area (Å²) in [6.07, 6.45) is 4.77. The highest BCUT2D eigenvalue weighted by Crippen LogP contribution is 2.16. The first-order chi connectivity index (χ1) is 8.68. The summed E-state index contributed by atoms with van der Waals surface area (Å²) in [4.78, 5) is 0. The Morgan fingerprint density at radius 3 is 1.78 bits per heavy atom. The van der Waals surface area contributed by atoms with Crippen molar-refractivity contribution in [2.24, 2.45) is 11.5 Å². The van der Waals surface area contributed by atoms with E-state index in [4.69, 9.17) is 25.7 Å². The molecule has 5 heteroatoms. The molecule has 0 radical (unpaired) electrons. The van der Waals surface area contributed by atoms with Crippen LogP contribution in [0.25, 0.3) is 0 Å². The molecule has 0 saturated heterocycles. The van der Waals surface area contributed by atoms with Crippen LogP contribution in [0.4, 0.5) is 0 Å². The lowest BCUT2D eigenvalue weighted by molar-refractivity contribution is -0.370. The molecule has 0 spiro atoms. The molecule has 1 atom stereocenters. The Morgan fingerprint density at radius 1 is 0.778 bits per heavy atom. The summed E-state index contributed by atoms with van der Waals surface area (Å²) in [5.41, 5.74) is 10.9. The zero-order valence-electron chi connectivity index (χ0n) is 12.0. The Kier molecular flexibility index (Phi) is 11.7. The molecule has 18 heavy (non-hydrogen) atoms. The smallest absolute Gasteiger partial charge is 0.279 e. The van der Waals surface area contributed by atoms with E-state index in [9.17, 15) is 0 Å².